The van der Waals surface area contributed by atoms with E-state index in [9.17, 15) is 0 Å². The molecule has 1 aliphatic carbocycles. The van der Waals surface area contributed by atoms with Crippen molar-refractivity contribution in [1.29, 1.82) is 0 Å². The Morgan fingerprint density at radius 2 is 1.75 bits per heavy atom. The SMILES string of the molecule is CCN(C[C@H]1CCCCN1)C1CCCCC1. The maximum Gasteiger partial charge on any atom is 0.0195 e. The van der Waals surface area contributed by atoms with Gasteiger partial charge in [0, 0.05) is 18.6 Å². The van der Waals surface area contributed by atoms with Crippen LogP contribution in [0.3, 0.4) is 0 Å². The van der Waals surface area contributed by atoms with Crippen molar-refractivity contribution >= 4 is 0 Å². The van der Waals surface area contributed by atoms with Gasteiger partial charge in [0.15, 0.2) is 0 Å². The summed E-state index contributed by atoms with van der Waals surface area (Å²) < 4.78 is 0. The van der Waals surface area contributed by atoms with Crippen molar-refractivity contribution in [2.75, 3.05) is 19.6 Å². The summed E-state index contributed by atoms with van der Waals surface area (Å²) in [5, 5.41) is 3.68. The van der Waals surface area contributed by atoms with E-state index in [0.29, 0.717) is 0 Å². The fourth-order valence-corrected chi connectivity index (χ4v) is 3.35. The molecule has 0 aromatic heterocycles. The molecule has 94 valence electrons. The normalized spacial score (nSPS) is 28.5. The highest BCUT2D eigenvalue weighted by molar-refractivity contribution is 4.81. The van der Waals surface area contributed by atoms with E-state index in [1.165, 1.54) is 71.0 Å². The molecule has 1 aliphatic heterocycles. The van der Waals surface area contributed by atoms with Crippen molar-refractivity contribution < 1.29 is 0 Å². The number of hydrogen-bond acceptors (Lipinski definition) is 2. The minimum absolute atomic E-state index is 0.774. The van der Waals surface area contributed by atoms with Gasteiger partial charge in [-0.05, 0) is 38.8 Å². The molecule has 0 amide bonds. The van der Waals surface area contributed by atoms with Crippen molar-refractivity contribution in [3.8, 4) is 0 Å². The third-order valence-corrected chi connectivity index (χ3v) is 4.36. The Balaban J connectivity index is 1.78. The van der Waals surface area contributed by atoms with Crippen LogP contribution in [0.2, 0.25) is 0 Å². The van der Waals surface area contributed by atoms with Gasteiger partial charge in [0.25, 0.3) is 0 Å². The zero-order chi connectivity index (χ0) is 11.2. The molecule has 0 unspecified atom stereocenters. The van der Waals surface area contributed by atoms with Gasteiger partial charge in [-0.1, -0.05) is 32.6 Å². The second-order valence-corrected chi connectivity index (χ2v) is 5.53. The van der Waals surface area contributed by atoms with Gasteiger partial charge in [-0.2, -0.15) is 0 Å². The Morgan fingerprint density at radius 1 is 1.00 bits per heavy atom. The molecule has 2 fully saturated rings. The molecule has 1 saturated heterocycles. The molecule has 2 nitrogen and oxygen atoms in total. The van der Waals surface area contributed by atoms with Gasteiger partial charge in [-0.15, -0.1) is 0 Å². The van der Waals surface area contributed by atoms with Crippen LogP contribution >= 0.6 is 0 Å². The smallest absolute Gasteiger partial charge is 0.0195 e. The summed E-state index contributed by atoms with van der Waals surface area (Å²) in [4.78, 5) is 2.74. The van der Waals surface area contributed by atoms with Gasteiger partial charge in [0.1, 0.15) is 0 Å². The summed E-state index contributed by atoms with van der Waals surface area (Å²) in [5.41, 5.74) is 0. The molecule has 2 rings (SSSR count). The van der Waals surface area contributed by atoms with Crippen LogP contribution in [0.4, 0.5) is 0 Å². The van der Waals surface area contributed by atoms with Gasteiger partial charge >= 0.3 is 0 Å². The van der Waals surface area contributed by atoms with E-state index in [2.05, 4.69) is 17.1 Å². The Morgan fingerprint density at radius 3 is 2.38 bits per heavy atom. The summed E-state index contributed by atoms with van der Waals surface area (Å²) in [6.07, 6.45) is 11.5. The van der Waals surface area contributed by atoms with Crippen LogP contribution in [0.15, 0.2) is 0 Å². The molecule has 1 atom stereocenters. The van der Waals surface area contributed by atoms with E-state index in [1.807, 2.05) is 0 Å². The monoisotopic (exact) mass is 224 g/mol. The van der Waals surface area contributed by atoms with Crippen LogP contribution < -0.4 is 5.32 Å². The Labute approximate surface area is 101 Å². The molecule has 0 spiro atoms. The van der Waals surface area contributed by atoms with Crippen LogP contribution in [0, 0.1) is 0 Å². The lowest BCUT2D eigenvalue weighted by molar-refractivity contribution is 0.141. The van der Waals surface area contributed by atoms with E-state index in [0.717, 1.165) is 12.1 Å². The predicted molar refractivity (Wildman–Crippen MR) is 69.8 cm³/mol. The molecule has 0 aromatic rings. The van der Waals surface area contributed by atoms with Crippen LogP contribution in [-0.2, 0) is 0 Å². The first kappa shape index (κ1) is 12.4. The quantitative estimate of drug-likeness (QED) is 0.790. The van der Waals surface area contributed by atoms with Crippen molar-refractivity contribution in [1.82, 2.24) is 10.2 Å². The highest BCUT2D eigenvalue weighted by Gasteiger charge is 2.23. The van der Waals surface area contributed by atoms with E-state index in [1.54, 1.807) is 0 Å². The average molecular weight is 224 g/mol. The van der Waals surface area contributed by atoms with Crippen molar-refractivity contribution in [2.45, 2.75) is 70.4 Å². The molecule has 0 radical (unpaired) electrons. The lowest BCUT2D eigenvalue weighted by atomic mass is 9.93. The zero-order valence-electron chi connectivity index (χ0n) is 10.9. The fourth-order valence-electron chi connectivity index (χ4n) is 3.35. The second kappa shape index (κ2) is 6.61. The maximum atomic E-state index is 3.68. The second-order valence-electron chi connectivity index (χ2n) is 5.53. The summed E-state index contributed by atoms with van der Waals surface area (Å²) in [6, 6.07) is 1.66. The first-order chi connectivity index (χ1) is 7.90. The average Bonchev–Trinajstić information content (AvgIpc) is 2.38. The largest absolute Gasteiger partial charge is 0.313 e. The lowest BCUT2D eigenvalue weighted by Gasteiger charge is -2.37. The Bertz CT molecular complexity index is 181. The Kier molecular flexibility index (Phi) is 5.11. The number of likely N-dealkylation sites (N-methyl/N-ethyl adjacent to an activating group) is 1. The minimum Gasteiger partial charge on any atom is -0.313 e. The van der Waals surface area contributed by atoms with Gasteiger partial charge in [0.05, 0.1) is 0 Å². The van der Waals surface area contributed by atoms with Crippen LogP contribution in [0.25, 0.3) is 0 Å². The molecular weight excluding hydrogens is 196 g/mol. The van der Waals surface area contributed by atoms with Crippen molar-refractivity contribution in [2.24, 2.45) is 0 Å². The predicted octanol–water partition coefficient (Wildman–Crippen LogP) is 2.78. The zero-order valence-corrected chi connectivity index (χ0v) is 10.9. The van der Waals surface area contributed by atoms with Crippen LogP contribution in [-0.4, -0.2) is 36.6 Å². The number of rotatable bonds is 4. The summed E-state index contributed by atoms with van der Waals surface area (Å²) in [7, 11) is 0. The molecule has 0 bridgehead atoms. The number of piperidine rings is 1. The molecular formula is C14H28N2. The highest BCUT2D eigenvalue weighted by Crippen LogP contribution is 2.23. The van der Waals surface area contributed by atoms with Crippen molar-refractivity contribution in [3.63, 3.8) is 0 Å². The first-order valence-electron chi connectivity index (χ1n) is 7.37. The maximum absolute atomic E-state index is 3.68. The Hall–Kier alpha value is -0.0800. The minimum atomic E-state index is 0.774. The fraction of sp³-hybridized carbons (Fsp3) is 1.00. The lowest BCUT2D eigenvalue weighted by Crippen LogP contribution is -2.47. The molecule has 16 heavy (non-hydrogen) atoms. The number of hydrogen-bond donors (Lipinski definition) is 1. The van der Waals surface area contributed by atoms with E-state index < -0.39 is 0 Å². The van der Waals surface area contributed by atoms with E-state index in [4.69, 9.17) is 0 Å². The molecule has 1 saturated carbocycles. The third kappa shape index (κ3) is 3.46. The van der Waals surface area contributed by atoms with Gasteiger partial charge in [-0.25, -0.2) is 0 Å². The van der Waals surface area contributed by atoms with Gasteiger partial charge in [-0.3, -0.25) is 4.90 Å². The molecule has 2 heteroatoms. The standard InChI is InChI=1S/C14H28N2/c1-2-16(14-9-4-3-5-10-14)12-13-8-6-7-11-15-13/h13-15H,2-12H2,1H3/t13-/m1/s1. The van der Waals surface area contributed by atoms with Crippen LogP contribution in [0.5, 0.6) is 0 Å². The summed E-state index contributed by atoms with van der Waals surface area (Å²) >= 11 is 0. The number of nitrogens with one attached hydrogen (secondary N) is 1. The topological polar surface area (TPSA) is 15.3 Å². The highest BCUT2D eigenvalue weighted by atomic mass is 15.2. The first-order valence-corrected chi connectivity index (χ1v) is 7.37. The van der Waals surface area contributed by atoms with E-state index >= 15 is 0 Å². The molecule has 2 aliphatic rings. The molecule has 1 N–H and O–H groups in total. The van der Waals surface area contributed by atoms with Crippen molar-refractivity contribution in [3.05, 3.63) is 0 Å². The summed E-state index contributed by atoms with van der Waals surface area (Å²) in [5.74, 6) is 0. The molecule has 0 aromatic carbocycles. The van der Waals surface area contributed by atoms with Gasteiger partial charge < -0.3 is 5.32 Å². The number of nitrogens with zero attached hydrogens (tertiary/aromatic N) is 1. The van der Waals surface area contributed by atoms with Crippen LogP contribution in [0.1, 0.15) is 58.3 Å². The van der Waals surface area contributed by atoms with E-state index in [-0.39, 0.29) is 0 Å². The third-order valence-electron chi connectivity index (χ3n) is 4.36. The summed E-state index contributed by atoms with van der Waals surface area (Å²) in [6.45, 7) is 6.11. The molecule has 1 heterocycles. The van der Waals surface area contributed by atoms with Gasteiger partial charge in [0.2, 0.25) is 0 Å².